The van der Waals surface area contributed by atoms with Crippen LogP contribution in [0.3, 0.4) is 0 Å². The van der Waals surface area contributed by atoms with E-state index in [0.717, 1.165) is 4.31 Å². The summed E-state index contributed by atoms with van der Waals surface area (Å²) in [5.41, 5.74) is 0. The Labute approximate surface area is 84.1 Å². The van der Waals surface area contributed by atoms with Crippen LogP contribution >= 0.6 is 0 Å². The second-order valence-corrected chi connectivity index (χ2v) is 4.88. The fraction of sp³-hybridized carbons (Fsp3) is 0.625. The number of carboxylic acids is 1. The first-order valence-electron chi connectivity index (χ1n) is 4.24. The van der Waals surface area contributed by atoms with Gasteiger partial charge in [0, 0.05) is 6.54 Å². The molecule has 0 amide bonds. The minimum absolute atomic E-state index is 0.0336. The third-order valence-corrected chi connectivity index (χ3v) is 3.49. The normalized spacial score (nSPS) is 11.6. The molecule has 6 heteroatoms. The second kappa shape index (κ2) is 5.77. The fourth-order valence-electron chi connectivity index (χ4n) is 0.958. The number of rotatable bonds is 7. The zero-order chi connectivity index (χ0) is 11.2. The summed E-state index contributed by atoms with van der Waals surface area (Å²) in [4.78, 5) is 10.4. The van der Waals surface area contributed by atoms with Crippen LogP contribution in [0.4, 0.5) is 0 Å². The maximum absolute atomic E-state index is 11.5. The van der Waals surface area contributed by atoms with Crippen molar-refractivity contribution in [2.75, 3.05) is 18.8 Å². The molecule has 0 aromatic heterocycles. The summed E-state index contributed by atoms with van der Waals surface area (Å²) in [6, 6.07) is 0. The first-order chi connectivity index (χ1) is 6.44. The number of carboxylic acid groups (broad SMARTS) is 1. The molecule has 0 aliphatic rings. The zero-order valence-corrected chi connectivity index (χ0v) is 8.96. The lowest BCUT2D eigenvalue weighted by Crippen LogP contribution is -2.37. The van der Waals surface area contributed by atoms with Crippen molar-refractivity contribution in [3.05, 3.63) is 12.7 Å². The Balaban J connectivity index is 4.62. The van der Waals surface area contributed by atoms with Crippen molar-refractivity contribution >= 4 is 16.0 Å². The molecule has 0 aromatic rings. The molecule has 0 aliphatic carbocycles. The predicted octanol–water partition coefficient (Wildman–Crippen LogP) is 0.299. The Bertz CT molecular complexity index is 296. The van der Waals surface area contributed by atoms with Crippen LogP contribution in [0.1, 0.15) is 13.3 Å². The van der Waals surface area contributed by atoms with Gasteiger partial charge in [0.05, 0.1) is 5.75 Å². The van der Waals surface area contributed by atoms with Crippen LogP contribution in [-0.4, -0.2) is 42.6 Å². The van der Waals surface area contributed by atoms with Gasteiger partial charge in [-0.25, -0.2) is 8.42 Å². The zero-order valence-electron chi connectivity index (χ0n) is 8.14. The molecule has 1 N–H and O–H groups in total. The molecule has 0 radical (unpaired) electrons. The van der Waals surface area contributed by atoms with Crippen LogP contribution in [0.5, 0.6) is 0 Å². The van der Waals surface area contributed by atoms with Crippen LogP contribution in [0.15, 0.2) is 12.7 Å². The third kappa shape index (κ3) is 4.38. The van der Waals surface area contributed by atoms with Gasteiger partial charge in [-0.1, -0.05) is 13.0 Å². The van der Waals surface area contributed by atoms with Gasteiger partial charge in [-0.15, -0.1) is 6.58 Å². The van der Waals surface area contributed by atoms with Crippen molar-refractivity contribution in [2.45, 2.75) is 13.3 Å². The predicted molar refractivity (Wildman–Crippen MR) is 53.5 cm³/mol. The van der Waals surface area contributed by atoms with Gasteiger partial charge in [0.1, 0.15) is 6.54 Å². The Hall–Kier alpha value is -0.880. The maximum Gasteiger partial charge on any atom is 0.318 e. The number of carbonyl (C=O) groups is 1. The van der Waals surface area contributed by atoms with E-state index in [9.17, 15) is 13.2 Å². The molecule has 0 bridgehead atoms. The van der Waals surface area contributed by atoms with Gasteiger partial charge >= 0.3 is 5.97 Å². The molecule has 14 heavy (non-hydrogen) atoms. The molecule has 0 fully saturated rings. The molecule has 0 atom stereocenters. The molecule has 0 aromatic carbocycles. The van der Waals surface area contributed by atoms with Gasteiger partial charge in [-0.05, 0) is 6.42 Å². The van der Waals surface area contributed by atoms with E-state index in [1.54, 1.807) is 6.92 Å². The lowest BCUT2D eigenvalue weighted by molar-refractivity contribution is -0.137. The number of hydrogen-bond acceptors (Lipinski definition) is 3. The van der Waals surface area contributed by atoms with Crippen molar-refractivity contribution in [2.24, 2.45) is 0 Å². The van der Waals surface area contributed by atoms with E-state index in [-0.39, 0.29) is 12.3 Å². The van der Waals surface area contributed by atoms with Crippen LogP contribution in [0, 0.1) is 0 Å². The summed E-state index contributed by atoms with van der Waals surface area (Å²) in [5, 5.41) is 8.50. The Morgan fingerprint density at radius 2 is 2.14 bits per heavy atom. The molecule has 0 unspecified atom stereocenters. The highest BCUT2D eigenvalue weighted by Gasteiger charge is 2.21. The van der Waals surface area contributed by atoms with E-state index in [1.807, 2.05) is 0 Å². The monoisotopic (exact) mass is 221 g/mol. The molecule has 0 saturated heterocycles. The molecule has 0 rings (SSSR count). The van der Waals surface area contributed by atoms with Gasteiger partial charge in [0.25, 0.3) is 0 Å². The van der Waals surface area contributed by atoms with Crippen LogP contribution in [-0.2, 0) is 14.8 Å². The van der Waals surface area contributed by atoms with Crippen molar-refractivity contribution in [3.63, 3.8) is 0 Å². The first kappa shape index (κ1) is 13.1. The summed E-state index contributed by atoms with van der Waals surface area (Å²) >= 11 is 0. The smallest absolute Gasteiger partial charge is 0.318 e. The van der Waals surface area contributed by atoms with Crippen LogP contribution < -0.4 is 0 Å². The minimum atomic E-state index is -3.45. The van der Waals surface area contributed by atoms with E-state index >= 15 is 0 Å². The molecule has 0 heterocycles. The summed E-state index contributed by atoms with van der Waals surface area (Å²) in [5.74, 6) is -1.19. The van der Waals surface area contributed by atoms with Gasteiger partial charge in [-0.2, -0.15) is 4.31 Å². The number of hydrogen-bond donors (Lipinski definition) is 1. The highest BCUT2D eigenvalue weighted by molar-refractivity contribution is 7.89. The molecular weight excluding hydrogens is 206 g/mol. The number of nitrogens with zero attached hydrogens (tertiary/aromatic N) is 1. The van der Waals surface area contributed by atoms with Gasteiger partial charge < -0.3 is 5.11 Å². The van der Waals surface area contributed by atoms with Crippen molar-refractivity contribution in [1.82, 2.24) is 4.31 Å². The Kier molecular flexibility index (Phi) is 5.40. The van der Waals surface area contributed by atoms with Crippen molar-refractivity contribution in [1.29, 1.82) is 0 Å². The van der Waals surface area contributed by atoms with E-state index in [0.29, 0.717) is 6.42 Å². The molecule has 0 saturated carbocycles. The highest BCUT2D eigenvalue weighted by atomic mass is 32.2. The lowest BCUT2D eigenvalue weighted by atomic mass is 10.6. The lowest BCUT2D eigenvalue weighted by Gasteiger charge is -2.17. The summed E-state index contributed by atoms with van der Waals surface area (Å²) in [6.45, 7) is 4.64. The maximum atomic E-state index is 11.5. The number of sulfonamides is 1. The van der Waals surface area contributed by atoms with Crippen LogP contribution in [0.25, 0.3) is 0 Å². The van der Waals surface area contributed by atoms with E-state index < -0.39 is 22.5 Å². The molecular formula is C8H15NO4S. The van der Waals surface area contributed by atoms with Gasteiger partial charge in [0.2, 0.25) is 10.0 Å². The van der Waals surface area contributed by atoms with E-state index in [1.165, 1.54) is 6.08 Å². The van der Waals surface area contributed by atoms with Crippen molar-refractivity contribution < 1.29 is 18.3 Å². The third-order valence-electron chi connectivity index (χ3n) is 1.50. The minimum Gasteiger partial charge on any atom is -0.480 e. The quantitative estimate of drug-likeness (QED) is 0.627. The fourth-order valence-corrected chi connectivity index (χ4v) is 2.37. The second-order valence-electron chi connectivity index (χ2n) is 2.79. The summed E-state index contributed by atoms with van der Waals surface area (Å²) < 4.78 is 23.9. The first-order valence-corrected chi connectivity index (χ1v) is 5.85. The SMILES string of the molecule is C=CCN(CC(=O)O)S(=O)(=O)CCC. The number of aliphatic carboxylic acids is 1. The average Bonchev–Trinajstić information content (AvgIpc) is 2.02. The van der Waals surface area contributed by atoms with E-state index in [2.05, 4.69) is 6.58 Å². The topological polar surface area (TPSA) is 74.7 Å². The molecule has 82 valence electrons. The van der Waals surface area contributed by atoms with Crippen LogP contribution in [0.2, 0.25) is 0 Å². The average molecular weight is 221 g/mol. The van der Waals surface area contributed by atoms with Gasteiger partial charge in [0.15, 0.2) is 0 Å². The summed E-state index contributed by atoms with van der Waals surface area (Å²) in [7, 11) is -3.45. The Morgan fingerprint density at radius 1 is 1.57 bits per heavy atom. The van der Waals surface area contributed by atoms with Gasteiger partial charge in [-0.3, -0.25) is 4.79 Å². The van der Waals surface area contributed by atoms with E-state index in [4.69, 9.17) is 5.11 Å². The largest absolute Gasteiger partial charge is 0.480 e. The molecule has 5 nitrogen and oxygen atoms in total. The Morgan fingerprint density at radius 3 is 2.50 bits per heavy atom. The van der Waals surface area contributed by atoms with Crippen molar-refractivity contribution in [3.8, 4) is 0 Å². The molecule has 0 aliphatic heterocycles. The summed E-state index contributed by atoms with van der Waals surface area (Å²) in [6.07, 6.45) is 1.84. The highest BCUT2D eigenvalue weighted by Crippen LogP contribution is 2.03. The standard InChI is InChI=1S/C8H15NO4S/c1-3-5-9(7-8(10)11)14(12,13)6-4-2/h3H,1,4-7H2,2H3,(H,10,11). The molecule has 0 spiro atoms.